The Balaban J connectivity index is 2.93. The molecule has 17 heavy (non-hydrogen) atoms. The van der Waals surface area contributed by atoms with Crippen molar-refractivity contribution in [1.82, 2.24) is 10.2 Å². The minimum atomic E-state index is -3.82. The molecule has 8 heteroatoms. The minimum absolute atomic E-state index is 0.200. The summed E-state index contributed by atoms with van der Waals surface area (Å²) in [6, 6.07) is 0. The molecule has 0 aliphatic heterocycles. The molecule has 0 aromatic carbocycles. The highest BCUT2D eigenvalue weighted by Crippen LogP contribution is 2.22. The van der Waals surface area contributed by atoms with Crippen LogP contribution in [0, 0.1) is 0 Å². The Hall–Kier alpha value is -1.44. The maximum Gasteiger partial charge on any atom is 0.335 e. The topological polar surface area (TPSA) is 110 Å². The first-order valence-electron chi connectivity index (χ1n) is 4.91. The van der Waals surface area contributed by atoms with Crippen LogP contribution in [0.4, 0.5) is 0 Å². The maximum absolute atomic E-state index is 11.6. The van der Waals surface area contributed by atoms with Crippen LogP contribution in [0.5, 0.6) is 0 Å². The van der Waals surface area contributed by atoms with Crippen molar-refractivity contribution in [2.24, 2.45) is 0 Å². The predicted molar refractivity (Wildman–Crippen MR) is 57.3 cm³/mol. The van der Waals surface area contributed by atoms with E-state index in [4.69, 9.17) is 9.52 Å². The second kappa shape index (κ2) is 4.44. The molecule has 0 fully saturated rings. The Morgan fingerprint density at radius 3 is 2.35 bits per heavy atom. The van der Waals surface area contributed by atoms with E-state index >= 15 is 0 Å². The van der Waals surface area contributed by atoms with Gasteiger partial charge in [-0.1, -0.05) is 25.9 Å². The summed E-state index contributed by atoms with van der Waals surface area (Å²) in [5.74, 6) is -1.54. The largest absolute Gasteiger partial charge is 0.481 e. The van der Waals surface area contributed by atoms with Crippen LogP contribution in [-0.2, 0) is 20.0 Å². The zero-order valence-electron chi connectivity index (χ0n) is 9.80. The number of sulfone groups is 1. The summed E-state index contributed by atoms with van der Waals surface area (Å²) < 4.78 is 28.3. The van der Waals surface area contributed by atoms with Gasteiger partial charge in [-0.3, -0.25) is 4.79 Å². The van der Waals surface area contributed by atoms with Gasteiger partial charge < -0.3 is 9.52 Å². The Morgan fingerprint density at radius 1 is 1.35 bits per heavy atom. The molecule has 0 atom stereocenters. The van der Waals surface area contributed by atoms with Crippen LogP contribution in [0.3, 0.4) is 0 Å². The van der Waals surface area contributed by atoms with E-state index in [0.29, 0.717) is 0 Å². The van der Waals surface area contributed by atoms with Gasteiger partial charge in [0.1, 0.15) is 0 Å². The molecule has 0 saturated heterocycles. The van der Waals surface area contributed by atoms with Crippen LogP contribution in [0.25, 0.3) is 0 Å². The number of carbonyl (C=O) groups is 1. The molecule has 7 nitrogen and oxygen atoms in total. The lowest BCUT2D eigenvalue weighted by Gasteiger charge is -2.10. The van der Waals surface area contributed by atoms with Gasteiger partial charge in [0.15, 0.2) is 0 Å². The summed E-state index contributed by atoms with van der Waals surface area (Å²) in [7, 11) is -3.82. The van der Waals surface area contributed by atoms with Gasteiger partial charge in [0.25, 0.3) is 0 Å². The fourth-order valence-electron chi connectivity index (χ4n) is 0.948. The molecule has 1 heterocycles. The molecule has 0 aliphatic carbocycles. The molecule has 1 aromatic rings. The van der Waals surface area contributed by atoms with E-state index in [1.165, 1.54) is 0 Å². The van der Waals surface area contributed by atoms with Gasteiger partial charge >= 0.3 is 11.2 Å². The lowest BCUT2D eigenvalue weighted by atomic mass is 9.97. The molecule has 0 amide bonds. The smallest absolute Gasteiger partial charge is 0.335 e. The number of nitrogens with zero attached hydrogens (tertiary/aromatic N) is 2. The van der Waals surface area contributed by atoms with Crippen molar-refractivity contribution >= 4 is 15.8 Å². The van der Waals surface area contributed by atoms with Crippen LogP contribution in [0.1, 0.15) is 33.1 Å². The van der Waals surface area contributed by atoms with Crippen LogP contribution in [-0.4, -0.2) is 35.4 Å². The van der Waals surface area contributed by atoms with Crippen LogP contribution in [0.2, 0.25) is 0 Å². The second-order valence-corrected chi connectivity index (χ2v) is 6.57. The van der Waals surface area contributed by atoms with Gasteiger partial charge in [0.05, 0.1) is 12.2 Å². The average Bonchev–Trinajstić information content (AvgIpc) is 2.63. The molecule has 0 radical (unpaired) electrons. The van der Waals surface area contributed by atoms with E-state index < -0.39 is 38.6 Å². The highest BCUT2D eigenvalue weighted by atomic mass is 32.2. The lowest BCUT2D eigenvalue weighted by molar-refractivity contribution is -0.136. The van der Waals surface area contributed by atoms with E-state index in [-0.39, 0.29) is 5.89 Å². The zero-order chi connectivity index (χ0) is 13.3. The Bertz CT molecular complexity index is 512. The lowest BCUT2D eigenvalue weighted by Crippen LogP contribution is -2.12. The number of aliphatic carboxylic acids is 1. The van der Waals surface area contributed by atoms with Crippen molar-refractivity contribution in [3.05, 3.63) is 5.89 Å². The number of rotatable bonds is 4. The Morgan fingerprint density at radius 2 is 1.94 bits per heavy atom. The Kier molecular flexibility index (Phi) is 3.56. The molecule has 1 aromatic heterocycles. The van der Waals surface area contributed by atoms with E-state index in [0.717, 1.165) is 0 Å². The van der Waals surface area contributed by atoms with Gasteiger partial charge in [-0.15, -0.1) is 5.10 Å². The SMILES string of the molecule is CC(C)(C)c1nnc(S(=O)(=O)CCC(=O)O)o1. The number of hydrogen-bond donors (Lipinski definition) is 1. The normalized spacial score (nSPS) is 12.6. The molecule has 0 saturated carbocycles. The molecule has 96 valence electrons. The number of carboxylic acids is 1. The molecule has 0 aliphatic rings. The summed E-state index contributed by atoms with van der Waals surface area (Å²) in [5, 5.41) is 15.0. The molecule has 0 spiro atoms. The highest BCUT2D eigenvalue weighted by molar-refractivity contribution is 7.91. The molecule has 0 bridgehead atoms. The third kappa shape index (κ3) is 3.52. The Labute approximate surface area is 98.8 Å². The first kappa shape index (κ1) is 13.6. The van der Waals surface area contributed by atoms with Gasteiger partial charge in [-0.25, -0.2) is 8.42 Å². The van der Waals surface area contributed by atoms with Gasteiger partial charge in [0.2, 0.25) is 15.7 Å². The van der Waals surface area contributed by atoms with Gasteiger partial charge in [-0.2, -0.15) is 0 Å². The molecule has 1 N–H and O–H groups in total. The second-order valence-electron chi connectivity index (χ2n) is 4.59. The van der Waals surface area contributed by atoms with E-state index in [1.807, 2.05) is 0 Å². The van der Waals surface area contributed by atoms with Crippen molar-refractivity contribution in [3.8, 4) is 0 Å². The van der Waals surface area contributed by atoms with Crippen molar-refractivity contribution < 1.29 is 22.7 Å². The van der Waals surface area contributed by atoms with E-state index in [1.54, 1.807) is 20.8 Å². The third-order valence-corrected chi connectivity index (χ3v) is 3.34. The standard InChI is InChI=1S/C9H14N2O5S/c1-9(2,3)7-10-11-8(16-7)17(14,15)5-4-6(12)13/h4-5H2,1-3H3,(H,12,13). The van der Waals surface area contributed by atoms with Gasteiger partial charge in [0, 0.05) is 5.41 Å². The molecular formula is C9H14N2O5S. The predicted octanol–water partition coefficient (Wildman–Crippen LogP) is 0.615. The summed E-state index contributed by atoms with van der Waals surface area (Å²) in [6.07, 6.45) is -0.491. The molecule has 0 unspecified atom stereocenters. The maximum atomic E-state index is 11.6. The van der Waals surface area contributed by atoms with E-state index in [9.17, 15) is 13.2 Å². The highest BCUT2D eigenvalue weighted by Gasteiger charge is 2.27. The summed E-state index contributed by atoms with van der Waals surface area (Å²) >= 11 is 0. The van der Waals surface area contributed by atoms with Gasteiger partial charge in [-0.05, 0) is 0 Å². The van der Waals surface area contributed by atoms with Crippen molar-refractivity contribution in [3.63, 3.8) is 0 Å². The monoisotopic (exact) mass is 262 g/mol. The van der Waals surface area contributed by atoms with Crippen LogP contribution < -0.4 is 0 Å². The minimum Gasteiger partial charge on any atom is -0.481 e. The summed E-state index contributed by atoms with van der Waals surface area (Å²) in [5.41, 5.74) is -0.451. The first-order valence-corrected chi connectivity index (χ1v) is 6.57. The summed E-state index contributed by atoms with van der Waals surface area (Å²) in [4.78, 5) is 10.3. The number of aromatic nitrogens is 2. The summed E-state index contributed by atoms with van der Waals surface area (Å²) in [6.45, 7) is 5.40. The van der Waals surface area contributed by atoms with E-state index in [2.05, 4.69) is 10.2 Å². The fourth-order valence-corrected chi connectivity index (χ4v) is 1.94. The third-order valence-electron chi connectivity index (χ3n) is 1.90. The van der Waals surface area contributed by atoms with Crippen LogP contribution in [0.15, 0.2) is 9.64 Å². The molecular weight excluding hydrogens is 248 g/mol. The fraction of sp³-hybridized carbons (Fsp3) is 0.667. The number of hydrogen-bond acceptors (Lipinski definition) is 6. The first-order chi connectivity index (χ1) is 7.63. The van der Waals surface area contributed by atoms with Crippen LogP contribution >= 0.6 is 0 Å². The quantitative estimate of drug-likeness (QED) is 0.846. The number of carboxylic acid groups (broad SMARTS) is 1. The molecule has 1 rings (SSSR count). The zero-order valence-corrected chi connectivity index (χ0v) is 10.6. The van der Waals surface area contributed by atoms with Crippen molar-refractivity contribution in [2.75, 3.05) is 5.75 Å². The average molecular weight is 262 g/mol. The van der Waals surface area contributed by atoms with Crippen molar-refractivity contribution in [1.29, 1.82) is 0 Å². The van der Waals surface area contributed by atoms with Crippen molar-refractivity contribution in [2.45, 2.75) is 37.8 Å².